The van der Waals surface area contributed by atoms with Crippen molar-refractivity contribution in [2.45, 2.75) is 44.2 Å². The fourth-order valence-corrected chi connectivity index (χ4v) is 2.45. The van der Waals surface area contributed by atoms with Crippen molar-refractivity contribution >= 4 is 17.6 Å². The Morgan fingerprint density at radius 1 is 1.40 bits per heavy atom. The second-order valence-electron chi connectivity index (χ2n) is 5.45. The highest BCUT2D eigenvalue weighted by molar-refractivity contribution is 6.30. The quantitative estimate of drug-likeness (QED) is 0.756. The summed E-state index contributed by atoms with van der Waals surface area (Å²) in [5.41, 5.74) is 0.866. The van der Waals surface area contributed by atoms with E-state index in [4.69, 9.17) is 16.7 Å². The average Bonchev–Trinajstić information content (AvgIpc) is 3.17. The summed E-state index contributed by atoms with van der Waals surface area (Å²) >= 11 is 5.89. The van der Waals surface area contributed by atoms with Gasteiger partial charge in [0.05, 0.1) is 5.54 Å². The van der Waals surface area contributed by atoms with E-state index in [0.717, 1.165) is 24.8 Å². The van der Waals surface area contributed by atoms with Crippen LogP contribution in [0.5, 0.6) is 0 Å². The van der Waals surface area contributed by atoms with Crippen molar-refractivity contribution in [1.82, 2.24) is 10.6 Å². The van der Waals surface area contributed by atoms with Gasteiger partial charge in [0.25, 0.3) is 0 Å². The summed E-state index contributed by atoms with van der Waals surface area (Å²) in [6, 6.07) is 7.53. The van der Waals surface area contributed by atoms with Crippen molar-refractivity contribution in [3.8, 4) is 0 Å². The molecule has 0 radical (unpaired) electrons. The van der Waals surface area contributed by atoms with Gasteiger partial charge in [-0.2, -0.15) is 0 Å². The molecular formula is C15H21ClN2O2. The molecule has 1 unspecified atom stereocenters. The van der Waals surface area contributed by atoms with Gasteiger partial charge >= 0.3 is 6.03 Å². The molecule has 0 bridgehead atoms. The fourth-order valence-electron chi connectivity index (χ4n) is 2.33. The van der Waals surface area contributed by atoms with Gasteiger partial charge in [0.2, 0.25) is 0 Å². The molecule has 2 amide bonds. The second-order valence-corrected chi connectivity index (χ2v) is 5.89. The Labute approximate surface area is 124 Å². The molecule has 5 heteroatoms. The van der Waals surface area contributed by atoms with Crippen LogP contribution in [-0.4, -0.2) is 23.8 Å². The molecule has 0 saturated heterocycles. The number of nitrogens with one attached hydrogen (secondary N) is 2. The summed E-state index contributed by atoms with van der Waals surface area (Å²) in [4.78, 5) is 12.0. The maximum atomic E-state index is 12.0. The van der Waals surface area contributed by atoms with Crippen molar-refractivity contribution in [1.29, 1.82) is 0 Å². The largest absolute Gasteiger partial charge is 0.396 e. The van der Waals surface area contributed by atoms with Crippen molar-refractivity contribution in [2.24, 2.45) is 0 Å². The normalized spacial score (nSPS) is 17.4. The average molecular weight is 297 g/mol. The van der Waals surface area contributed by atoms with Crippen LogP contribution in [0.25, 0.3) is 0 Å². The van der Waals surface area contributed by atoms with Crippen LogP contribution in [0.1, 0.15) is 38.2 Å². The molecule has 0 heterocycles. The Bertz CT molecular complexity index is 457. The lowest BCUT2D eigenvalue weighted by Crippen LogP contribution is -2.45. The molecule has 1 fully saturated rings. The summed E-state index contributed by atoms with van der Waals surface area (Å²) in [7, 11) is 0. The number of aliphatic hydroxyl groups is 1. The van der Waals surface area contributed by atoms with Gasteiger partial charge in [0.1, 0.15) is 0 Å². The van der Waals surface area contributed by atoms with Gasteiger partial charge < -0.3 is 15.7 Å². The lowest BCUT2D eigenvalue weighted by molar-refractivity contribution is 0.229. The van der Waals surface area contributed by atoms with Crippen LogP contribution in [0.3, 0.4) is 0 Å². The van der Waals surface area contributed by atoms with E-state index in [1.807, 2.05) is 31.2 Å². The first-order chi connectivity index (χ1) is 9.55. The molecule has 1 aliphatic carbocycles. The lowest BCUT2D eigenvalue weighted by Gasteiger charge is -2.21. The molecule has 2 rings (SSSR count). The van der Waals surface area contributed by atoms with Crippen molar-refractivity contribution in [3.63, 3.8) is 0 Å². The molecular weight excluding hydrogens is 276 g/mol. The van der Waals surface area contributed by atoms with E-state index in [0.29, 0.717) is 11.4 Å². The highest BCUT2D eigenvalue weighted by Gasteiger charge is 2.45. The number of benzene rings is 1. The molecule has 1 aromatic rings. The Kier molecular flexibility index (Phi) is 4.89. The molecule has 0 aromatic heterocycles. The molecule has 0 aliphatic heterocycles. The van der Waals surface area contributed by atoms with Gasteiger partial charge in [-0.1, -0.05) is 23.7 Å². The molecule has 1 aliphatic rings. The van der Waals surface area contributed by atoms with E-state index < -0.39 is 0 Å². The lowest BCUT2D eigenvalue weighted by atomic mass is 10.1. The first kappa shape index (κ1) is 15.1. The minimum absolute atomic E-state index is 0.0585. The Balaban J connectivity index is 1.89. The molecule has 20 heavy (non-hydrogen) atoms. The van der Waals surface area contributed by atoms with Gasteiger partial charge in [0.15, 0.2) is 0 Å². The highest BCUT2D eigenvalue weighted by atomic mass is 35.5. The number of carbonyl (C=O) groups excluding carboxylic acids is 1. The van der Waals surface area contributed by atoms with Crippen LogP contribution < -0.4 is 10.6 Å². The van der Waals surface area contributed by atoms with E-state index in [9.17, 15) is 4.79 Å². The number of hydrogen-bond acceptors (Lipinski definition) is 2. The Morgan fingerprint density at radius 3 is 2.60 bits per heavy atom. The summed E-state index contributed by atoms with van der Waals surface area (Å²) in [5.74, 6) is 0. The molecule has 0 spiro atoms. The maximum Gasteiger partial charge on any atom is 0.315 e. The molecule has 1 saturated carbocycles. The third-order valence-electron chi connectivity index (χ3n) is 3.67. The third kappa shape index (κ3) is 3.87. The number of hydrogen-bond donors (Lipinski definition) is 3. The number of carbonyl (C=O) groups is 1. The zero-order valence-electron chi connectivity index (χ0n) is 11.7. The SMILES string of the molecule is CC(CCCO)NC(=O)NC1(c2ccc(Cl)cc2)CC1. The van der Waals surface area contributed by atoms with Crippen molar-refractivity contribution < 1.29 is 9.90 Å². The van der Waals surface area contributed by atoms with Gasteiger partial charge in [-0.15, -0.1) is 0 Å². The second kappa shape index (κ2) is 6.46. The number of halogens is 1. The highest BCUT2D eigenvalue weighted by Crippen LogP contribution is 2.45. The Morgan fingerprint density at radius 2 is 2.05 bits per heavy atom. The monoisotopic (exact) mass is 296 g/mol. The van der Waals surface area contributed by atoms with E-state index in [1.54, 1.807) is 0 Å². The van der Waals surface area contributed by atoms with Crippen LogP contribution in [0, 0.1) is 0 Å². The number of urea groups is 1. The molecule has 1 aromatic carbocycles. The summed E-state index contributed by atoms with van der Waals surface area (Å²) in [5, 5.41) is 15.4. The Hall–Kier alpha value is -1.26. The minimum Gasteiger partial charge on any atom is -0.396 e. The first-order valence-electron chi connectivity index (χ1n) is 7.01. The number of amides is 2. The van der Waals surface area contributed by atoms with E-state index in [2.05, 4.69) is 10.6 Å². The predicted octanol–water partition coefficient (Wildman–Crippen LogP) is 2.79. The van der Waals surface area contributed by atoms with Crippen LogP contribution in [-0.2, 0) is 5.54 Å². The maximum absolute atomic E-state index is 12.0. The van der Waals surface area contributed by atoms with Gasteiger partial charge in [-0.25, -0.2) is 4.79 Å². The molecule has 3 N–H and O–H groups in total. The molecule has 4 nitrogen and oxygen atoms in total. The molecule has 110 valence electrons. The summed E-state index contributed by atoms with van der Waals surface area (Å²) < 4.78 is 0. The topological polar surface area (TPSA) is 61.4 Å². The van der Waals surface area contributed by atoms with Crippen LogP contribution in [0.2, 0.25) is 5.02 Å². The van der Waals surface area contributed by atoms with Gasteiger partial charge in [-0.3, -0.25) is 0 Å². The summed E-state index contributed by atoms with van der Waals surface area (Å²) in [6.07, 6.45) is 3.38. The standard InChI is InChI=1S/C15H21ClN2O2/c1-11(3-2-10-19)17-14(20)18-15(8-9-15)12-4-6-13(16)7-5-12/h4-7,11,19H,2-3,8-10H2,1H3,(H2,17,18,20). The smallest absolute Gasteiger partial charge is 0.315 e. The van der Waals surface area contributed by atoms with E-state index in [-0.39, 0.29) is 24.2 Å². The zero-order chi connectivity index (χ0) is 14.6. The van der Waals surface area contributed by atoms with Crippen LogP contribution >= 0.6 is 11.6 Å². The van der Waals surface area contributed by atoms with Crippen molar-refractivity contribution in [3.05, 3.63) is 34.9 Å². The van der Waals surface area contributed by atoms with Crippen molar-refractivity contribution in [2.75, 3.05) is 6.61 Å². The number of rotatable bonds is 6. The fraction of sp³-hybridized carbons (Fsp3) is 0.533. The van der Waals surface area contributed by atoms with Gasteiger partial charge in [-0.05, 0) is 50.3 Å². The number of aliphatic hydroxyl groups excluding tert-OH is 1. The minimum atomic E-state index is -0.231. The van der Waals surface area contributed by atoms with E-state index >= 15 is 0 Å². The zero-order valence-corrected chi connectivity index (χ0v) is 12.4. The van der Waals surface area contributed by atoms with Crippen LogP contribution in [0.4, 0.5) is 4.79 Å². The summed E-state index contributed by atoms with van der Waals surface area (Å²) in [6.45, 7) is 2.10. The van der Waals surface area contributed by atoms with E-state index in [1.165, 1.54) is 0 Å². The molecule has 1 atom stereocenters. The van der Waals surface area contributed by atoms with Crippen LogP contribution in [0.15, 0.2) is 24.3 Å². The van der Waals surface area contributed by atoms with Gasteiger partial charge in [0, 0.05) is 17.7 Å². The third-order valence-corrected chi connectivity index (χ3v) is 3.92. The predicted molar refractivity (Wildman–Crippen MR) is 79.8 cm³/mol. The first-order valence-corrected chi connectivity index (χ1v) is 7.39.